The van der Waals surface area contributed by atoms with Crippen LogP contribution in [0.25, 0.3) is 0 Å². The molecule has 1 amide bonds. The van der Waals surface area contributed by atoms with Crippen LogP contribution in [0.4, 0.5) is 0 Å². The standard InChI is InChI=1S/C12H9Cl2N3O3S/c13-7-2-1-3-8(14)6(7)5-15-17-12-16-11(20)9(21-12)4-10(18)19/h1-3,5,9H,4H2,(H,18,19)(H,16,17,20)/b15-5-/t9-/m0/s1. The summed E-state index contributed by atoms with van der Waals surface area (Å²) in [5, 5.41) is 19.2. The van der Waals surface area contributed by atoms with Gasteiger partial charge in [0, 0.05) is 5.56 Å². The summed E-state index contributed by atoms with van der Waals surface area (Å²) in [7, 11) is 0. The molecule has 1 fully saturated rings. The summed E-state index contributed by atoms with van der Waals surface area (Å²) >= 11 is 12.9. The molecule has 1 aromatic rings. The van der Waals surface area contributed by atoms with Gasteiger partial charge in [0.05, 0.1) is 22.7 Å². The summed E-state index contributed by atoms with van der Waals surface area (Å²) in [6.07, 6.45) is 1.10. The van der Waals surface area contributed by atoms with Crippen LogP contribution in [-0.4, -0.2) is 33.6 Å². The fraction of sp³-hybridized carbons (Fsp3) is 0.167. The van der Waals surface area contributed by atoms with Crippen molar-refractivity contribution in [1.82, 2.24) is 5.32 Å². The normalized spacial score (nSPS) is 20.2. The van der Waals surface area contributed by atoms with E-state index in [2.05, 4.69) is 15.5 Å². The highest BCUT2D eigenvalue weighted by atomic mass is 35.5. The van der Waals surface area contributed by atoms with Crippen molar-refractivity contribution < 1.29 is 14.7 Å². The van der Waals surface area contributed by atoms with Gasteiger partial charge in [0.2, 0.25) is 5.91 Å². The second-order valence-electron chi connectivity index (χ2n) is 3.98. The Balaban J connectivity index is 2.07. The summed E-state index contributed by atoms with van der Waals surface area (Å²) in [4.78, 5) is 22.1. The molecule has 2 rings (SSSR count). The van der Waals surface area contributed by atoms with Gasteiger partial charge in [-0.25, -0.2) is 0 Å². The Hall–Kier alpha value is -1.57. The lowest BCUT2D eigenvalue weighted by Crippen LogP contribution is -2.26. The zero-order valence-corrected chi connectivity index (χ0v) is 12.7. The molecule has 0 aromatic heterocycles. The lowest BCUT2D eigenvalue weighted by atomic mass is 10.2. The van der Waals surface area contributed by atoms with Crippen molar-refractivity contribution in [1.29, 1.82) is 0 Å². The number of rotatable bonds is 4. The number of nitrogens with one attached hydrogen (secondary N) is 1. The van der Waals surface area contributed by atoms with Gasteiger partial charge < -0.3 is 10.4 Å². The first-order valence-corrected chi connectivity index (χ1v) is 7.35. The molecule has 9 heteroatoms. The lowest BCUT2D eigenvalue weighted by Gasteiger charge is -1.99. The molecule has 0 saturated carbocycles. The van der Waals surface area contributed by atoms with Crippen molar-refractivity contribution in [3.63, 3.8) is 0 Å². The Morgan fingerprint density at radius 3 is 2.71 bits per heavy atom. The maximum absolute atomic E-state index is 11.5. The highest BCUT2D eigenvalue weighted by molar-refractivity contribution is 8.15. The zero-order chi connectivity index (χ0) is 15.4. The van der Waals surface area contributed by atoms with Crippen LogP contribution in [0.3, 0.4) is 0 Å². The van der Waals surface area contributed by atoms with Gasteiger partial charge in [-0.05, 0) is 12.1 Å². The van der Waals surface area contributed by atoms with Gasteiger partial charge >= 0.3 is 5.97 Å². The number of benzene rings is 1. The van der Waals surface area contributed by atoms with Crippen molar-refractivity contribution in [2.45, 2.75) is 11.7 Å². The molecule has 0 spiro atoms. The first-order chi connectivity index (χ1) is 9.97. The number of carbonyl (C=O) groups is 2. The summed E-state index contributed by atoms with van der Waals surface area (Å²) in [6.45, 7) is 0. The third-order valence-corrected chi connectivity index (χ3v) is 4.20. The van der Waals surface area contributed by atoms with Crippen molar-refractivity contribution in [3.05, 3.63) is 33.8 Å². The van der Waals surface area contributed by atoms with Gasteiger partial charge in [0.15, 0.2) is 5.17 Å². The van der Waals surface area contributed by atoms with Gasteiger partial charge in [0.1, 0.15) is 5.25 Å². The van der Waals surface area contributed by atoms with E-state index in [4.69, 9.17) is 28.3 Å². The van der Waals surface area contributed by atoms with Crippen LogP contribution < -0.4 is 5.32 Å². The molecule has 1 aromatic carbocycles. The minimum Gasteiger partial charge on any atom is -0.481 e. The molecule has 2 N–H and O–H groups in total. The number of nitrogens with zero attached hydrogens (tertiary/aromatic N) is 2. The molecule has 0 unspecified atom stereocenters. The molecule has 6 nitrogen and oxygen atoms in total. The fourth-order valence-electron chi connectivity index (χ4n) is 1.52. The molecule has 1 saturated heterocycles. The second-order valence-corrected chi connectivity index (χ2v) is 5.98. The van der Waals surface area contributed by atoms with Crippen LogP contribution in [0, 0.1) is 0 Å². The summed E-state index contributed by atoms with van der Waals surface area (Å²) in [5.74, 6) is -1.44. The number of hydrogen-bond donors (Lipinski definition) is 2. The molecule has 0 aliphatic carbocycles. The topological polar surface area (TPSA) is 91.1 Å². The monoisotopic (exact) mass is 345 g/mol. The fourth-order valence-corrected chi connectivity index (χ4v) is 2.93. The van der Waals surface area contributed by atoms with E-state index < -0.39 is 17.1 Å². The Labute approximate surface area is 134 Å². The average molecular weight is 346 g/mol. The van der Waals surface area contributed by atoms with E-state index in [0.717, 1.165) is 11.8 Å². The highest BCUT2D eigenvalue weighted by Gasteiger charge is 2.32. The lowest BCUT2D eigenvalue weighted by molar-refractivity contribution is -0.138. The predicted octanol–water partition coefficient (Wildman–Crippen LogP) is 2.39. The number of amides is 1. The Morgan fingerprint density at radius 1 is 1.43 bits per heavy atom. The maximum Gasteiger partial charge on any atom is 0.305 e. The van der Waals surface area contributed by atoms with Gasteiger partial charge in [-0.1, -0.05) is 41.0 Å². The molecule has 0 radical (unpaired) electrons. The van der Waals surface area contributed by atoms with E-state index in [0.29, 0.717) is 15.6 Å². The van der Waals surface area contributed by atoms with Gasteiger partial charge in [-0.3, -0.25) is 9.59 Å². The number of carboxylic acid groups (broad SMARTS) is 1. The van der Waals surface area contributed by atoms with E-state index in [9.17, 15) is 9.59 Å². The van der Waals surface area contributed by atoms with Crippen LogP contribution in [0.2, 0.25) is 10.0 Å². The van der Waals surface area contributed by atoms with Crippen molar-refractivity contribution >= 4 is 58.2 Å². The minimum absolute atomic E-state index is 0.241. The summed E-state index contributed by atoms with van der Waals surface area (Å²) in [5.41, 5.74) is 0.515. The van der Waals surface area contributed by atoms with E-state index in [1.54, 1.807) is 18.2 Å². The van der Waals surface area contributed by atoms with E-state index in [-0.39, 0.29) is 11.6 Å². The molecule has 110 valence electrons. The molecular formula is C12H9Cl2N3O3S. The molecule has 21 heavy (non-hydrogen) atoms. The maximum atomic E-state index is 11.5. The number of halogens is 2. The number of thioether (sulfide) groups is 1. The predicted molar refractivity (Wildman–Crippen MR) is 83.3 cm³/mol. The van der Waals surface area contributed by atoms with Crippen molar-refractivity contribution in [2.75, 3.05) is 0 Å². The quantitative estimate of drug-likeness (QED) is 0.647. The zero-order valence-electron chi connectivity index (χ0n) is 10.4. The number of carboxylic acids is 1. The Morgan fingerprint density at radius 2 is 2.10 bits per heavy atom. The van der Waals surface area contributed by atoms with Crippen molar-refractivity contribution in [2.24, 2.45) is 10.2 Å². The van der Waals surface area contributed by atoms with Gasteiger partial charge in [0.25, 0.3) is 0 Å². The number of hydrogen-bond acceptors (Lipinski definition) is 5. The largest absolute Gasteiger partial charge is 0.481 e. The second kappa shape index (κ2) is 6.93. The van der Waals surface area contributed by atoms with Crippen LogP contribution in [0.1, 0.15) is 12.0 Å². The highest BCUT2D eigenvalue weighted by Crippen LogP contribution is 2.24. The van der Waals surface area contributed by atoms with Crippen LogP contribution in [0.15, 0.2) is 28.4 Å². The molecular weight excluding hydrogens is 337 g/mol. The summed E-state index contributed by atoms with van der Waals surface area (Å²) in [6, 6.07) is 5.03. The van der Waals surface area contributed by atoms with Gasteiger partial charge in [-0.2, -0.15) is 5.10 Å². The molecule has 1 atom stereocenters. The third kappa shape index (κ3) is 4.20. The smallest absolute Gasteiger partial charge is 0.305 e. The number of aliphatic carboxylic acids is 1. The SMILES string of the molecule is O=C(O)C[C@@H]1S/C(=N/N=C\c2c(Cl)cccc2Cl)NC1=O. The summed E-state index contributed by atoms with van der Waals surface area (Å²) < 4.78 is 0. The van der Waals surface area contributed by atoms with Crippen molar-refractivity contribution in [3.8, 4) is 0 Å². The van der Waals surface area contributed by atoms with Crippen LogP contribution in [-0.2, 0) is 9.59 Å². The van der Waals surface area contributed by atoms with E-state index in [1.165, 1.54) is 6.21 Å². The molecule has 0 bridgehead atoms. The minimum atomic E-state index is -1.05. The Bertz CT molecular complexity index is 628. The Kier molecular flexibility index (Phi) is 5.22. The number of carbonyl (C=O) groups excluding carboxylic acids is 1. The first-order valence-electron chi connectivity index (χ1n) is 5.71. The van der Waals surface area contributed by atoms with E-state index in [1.807, 2.05) is 0 Å². The number of amidine groups is 1. The van der Waals surface area contributed by atoms with E-state index >= 15 is 0 Å². The molecule has 1 heterocycles. The average Bonchev–Trinajstić information content (AvgIpc) is 2.73. The molecule has 1 aliphatic rings. The third-order valence-electron chi connectivity index (χ3n) is 2.47. The van der Waals surface area contributed by atoms with Crippen LogP contribution >= 0.6 is 35.0 Å². The van der Waals surface area contributed by atoms with Gasteiger partial charge in [-0.15, -0.1) is 5.10 Å². The first kappa shape index (κ1) is 15.8. The van der Waals surface area contributed by atoms with Crippen LogP contribution in [0.5, 0.6) is 0 Å². The molecule has 1 aliphatic heterocycles.